The second-order valence-corrected chi connectivity index (χ2v) is 5.74. The molecule has 122 valence electrons. The van der Waals surface area contributed by atoms with Gasteiger partial charge in [-0.2, -0.15) is 0 Å². The number of phenols is 1. The highest BCUT2D eigenvalue weighted by Gasteiger charge is 2.35. The van der Waals surface area contributed by atoms with Gasteiger partial charge in [-0.1, -0.05) is 18.2 Å². The van der Waals surface area contributed by atoms with Gasteiger partial charge >= 0.3 is 0 Å². The number of ether oxygens (including phenoxy) is 1. The average Bonchev–Trinajstić information content (AvgIpc) is 2.57. The third kappa shape index (κ3) is 2.38. The molecule has 0 bridgehead atoms. The van der Waals surface area contributed by atoms with Crippen molar-refractivity contribution in [2.45, 2.75) is 19.8 Å². The Kier molecular flexibility index (Phi) is 3.93. The molecule has 5 nitrogen and oxygen atoms in total. The highest BCUT2D eigenvalue weighted by molar-refractivity contribution is 6.30. The molecule has 2 aromatic carbocycles. The van der Waals surface area contributed by atoms with Crippen LogP contribution in [0.4, 0.5) is 0 Å². The molecule has 0 fully saturated rings. The number of hydrogen-bond donors (Lipinski definition) is 1. The lowest BCUT2D eigenvalue weighted by molar-refractivity contribution is -0.116. The predicted octanol–water partition coefficient (Wildman–Crippen LogP) is 2.70. The molecule has 0 saturated carbocycles. The van der Waals surface area contributed by atoms with E-state index in [1.165, 1.54) is 20.1 Å². The fourth-order valence-electron chi connectivity index (χ4n) is 2.96. The van der Waals surface area contributed by atoms with Gasteiger partial charge in [-0.3, -0.25) is 9.59 Å². The van der Waals surface area contributed by atoms with E-state index in [1.54, 1.807) is 24.3 Å². The number of Topliss-reactive ketones (excluding diaryl/α,β-unsaturated/α-hetero) is 1. The van der Waals surface area contributed by atoms with Crippen LogP contribution in [0, 0.1) is 0 Å². The molecule has 0 radical (unpaired) electrons. The number of rotatable bonds is 4. The Morgan fingerprint density at radius 1 is 1.04 bits per heavy atom. The van der Waals surface area contributed by atoms with Gasteiger partial charge in [0.25, 0.3) is 0 Å². The number of methoxy groups -OCH3 is 1. The monoisotopic (exact) mass is 324 g/mol. The zero-order valence-corrected chi connectivity index (χ0v) is 13.4. The molecule has 0 unspecified atom stereocenters. The maximum absolute atomic E-state index is 12.9. The van der Waals surface area contributed by atoms with E-state index in [9.17, 15) is 19.5 Å². The summed E-state index contributed by atoms with van der Waals surface area (Å²) < 4.78 is 5.20. The van der Waals surface area contributed by atoms with Gasteiger partial charge in [0.2, 0.25) is 5.78 Å². The third-order valence-electron chi connectivity index (χ3n) is 4.20. The van der Waals surface area contributed by atoms with Crippen molar-refractivity contribution in [3.63, 3.8) is 0 Å². The summed E-state index contributed by atoms with van der Waals surface area (Å²) in [6.45, 7) is 1.46. The van der Waals surface area contributed by atoms with E-state index >= 15 is 0 Å². The van der Waals surface area contributed by atoms with E-state index in [2.05, 4.69) is 0 Å². The van der Waals surface area contributed by atoms with Crippen LogP contribution in [0.5, 0.6) is 11.5 Å². The first-order valence-corrected chi connectivity index (χ1v) is 7.56. The van der Waals surface area contributed by atoms with Gasteiger partial charge in [0, 0.05) is 17.5 Å². The molecule has 2 aromatic rings. The zero-order valence-electron chi connectivity index (χ0n) is 13.4. The first kappa shape index (κ1) is 15.9. The first-order valence-electron chi connectivity index (χ1n) is 7.56. The molecule has 24 heavy (non-hydrogen) atoms. The normalized spacial score (nSPS) is 12.6. The third-order valence-corrected chi connectivity index (χ3v) is 4.20. The van der Waals surface area contributed by atoms with Gasteiger partial charge in [-0.05, 0) is 31.0 Å². The fourth-order valence-corrected chi connectivity index (χ4v) is 2.96. The summed E-state index contributed by atoms with van der Waals surface area (Å²) in [4.78, 5) is 36.7. The SMILES string of the molecule is COc1cccc2c1C(=O)c1c(ccc(CCC(C)=O)c1O)C2=O. The van der Waals surface area contributed by atoms with Gasteiger partial charge in [-0.15, -0.1) is 0 Å². The van der Waals surface area contributed by atoms with E-state index in [0.717, 1.165) is 0 Å². The number of aromatic hydroxyl groups is 1. The van der Waals surface area contributed by atoms with Crippen LogP contribution in [-0.4, -0.2) is 29.6 Å². The van der Waals surface area contributed by atoms with E-state index in [0.29, 0.717) is 17.7 Å². The lowest BCUT2D eigenvalue weighted by Crippen LogP contribution is -2.22. The lowest BCUT2D eigenvalue weighted by atomic mass is 9.82. The van der Waals surface area contributed by atoms with E-state index in [4.69, 9.17) is 4.74 Å². The second-order valence-electron chi connectivity index (χ2n) is 5.74. The molecule has 0 heterocycles. The Bertz CT molecular complexity index is 880. The van der Waals surface area contributed by atoms with Crippen LogP contribution in [0.15, 0.2) is 30.3 Å². The number of carbonyl (C=O) groups excluding carboxylic acids is 3. The predicted molar refractivity (Wildman–Crippen MR) is 87.0 cm³/mol. The molecule has 1 aliphatic carbocycles. The first-order chi connectivity index (χ1) is 11.5. The molecule has 5 heteroatoms. The number of hydrogen-bond acceptors (Lipinski definition) is 5. The average molecular weight is 324 g/mol. The minimum atomic E-state index is -0.445. The molecule has 0 atom stereocenters. The summed E-state index contributed by atoms with van der Waals surface area (Å²) in [6.07, 6.45) is 0.573. The van der Waals surface area contributed by atoms with Crippen LogP contribution >= 0.6 is 0 Å². The smallest absolute Gasteiger partial charge is 0.201 e. The molecule has 0 saturated heterocycles. The Morgan fingerprint density at radius 3 is 2.42 bits per heavy atom. The fraction of sp³-hybridized carbons (Fsp3) is 0.211. The molecule has 0 aromatic heterocycles. The molecule has 0 amide bonds. The van der Waals surface area contributed by atoms with Gasteiger partial charge in [-0.25, -0.2) is 0 Å². The van der Waals surface area contributed by atoms with Crippen molar-refractivity contribution in [2.24, 2.45) is 0 Å². The van der Waals surface area contributed by atoms with Crippen LogP contribution < -0.4 is 4.74 Å². The number of carbonyl (C=O) groups is 3. The molecule has 0 aliphatic heterocycles. The molecule has 3 rings (SSSR count). The van der Waals surface area contributed by atoms with Crippen molar-refractivity contribution in [3.05, 3.63) is 58.1 Å². The minimum Gasteiger partial charge on any atom is -0.507 e. The van der Waals surface area contributed by atoms with Crippen LogP contribution in [0.3, 0.4) is 0 Å². The van der Waals surface area contributed by atoms with Crippen molar-refractivity contribution in [2.75, 3.05) is 7.11 Å². The Balaban J connectivity index is 2.17. The van der Waals surface area contributed by atoms with E-state index in [1.807, 2.05) is 0 Å². The van der Waals surface area contributed by atoms with Gasteiger partial charge in [0.15, 0.2) is 5.78 Å². The standard InChI is InChI=1S/C19H16O5/c1-10(20)6-7-11-8-9-13-16(17(11)21)19(23)15-12(18(13)22)4-3-5-14(15)24-2/h3-5,8-9,21H,6-7H2,1-2H3. The minimum absolute atomic E-state index is 0.0125. The van der Waals surface area contributed by atoms with Crippen LogP contribution in [0.2, 0.25) is 0 Å². The highest BCUT2D eigenvalue weighted by Crippen LogP contribution is 2.38. The van der Waals surface area contributed by atoms with Gasteiger partial charge < -0.3 is 14.6 Å². The molecule has 1 aliphatic rings. The second kappa shape index (κ2) is 5.92. The number of aryl methyl sites for hydroxylation is 1. The number of benzene rings is 2. The Morgan fingerprint density at radius 2 is 1.75 bits per heavy atom. The van der Waals surface area contributed by atoms with Gasteiger partial charge in [0.05, 0.1) is 18.2 Å². The van der Waals surface area contributed by atoms with Crippen LogP contribution in [0.1, 0.15) is 50.8 Å². The maximum Gasteiger partial charge on any atom is 0.201 e. The number of fused-ring (bicyclic) bond motifs is 2. The summed E-state index contributed by atoms with van der Waals surface area (Å²) in [5.41, 5.74) is 1.06. The summed E-state index contributed by atoms with van der Waals surface area (Å²) >= 11 is 0. The van der Waals surface area contributed by atoms with Crippen LogP contribution in [0.25, 0.3) is 0 Å². The van der Waals surface area contributed by atoms with Gasteiger partial charge in [0.1, 0.15) is 17.3 Å². The maximum atomic E-state index is 12.9. The summed E-state index contributed by atoms with van der Waals surface area (Å²) in [6, 6.07) is 7.95. The van der Waals surface area contributed by atoms with Crippen molar-refractivity contribution >= 4 is 17.3 Å². The highest BCUT2D eigenvalue weighted by atomic mass is 16.5. The summed E-state index contributed by atoms with van der Waals surface area (Å²) in [5, 5.41) is 10.5. The zero-order chi connectivity index (χ0) is 17.4. The Labute approximate surface area is 138 Å². The Hall–Kier alpha value is -2.95. The van der Waals surface area contributed by atoms with Crippen molar-refractivity contribution in [1.29, 1.82) is 0 Å². The van der Waals surface area contributed by atoms with E-state index < -0.39 is 5.78 Å². The van der Waals surface area contributed by atoms with Crippen molar-refractivity contribution in [3.8, 4) is 11.5 Å². The van der Waals surface area contributed by atoms with E-state index in [-0.39, 0.29) is 46.0 Å². The lowest BCUT2D eigenvalue weighted by Gasteiger charge is -2.21. The molecule has 0 spiro atoms. The molecule has 1 N–H and O–H groups in total. The van der Waals surface area contributed by atoms with Crippen molar-refractivity contribution < 1.29 is 24.2 Å². The topological polar surface area (TPSA) is 80.7 Å². The van der Waals surface area contributed by atoms with Crippen LogP contribution in [-0.2, 0) is 11.2 Å². The van der Waals surface area contributed by atoms with Crippen molar-refractivity contribution in [1.82, 2.24) is 0 Å². The largest absolute Gasteiger partial charge is 0.507 e. The number of phenolic OH excluding ortho intramolecular Hbond substituents is 1. The number of ketones is 3. The molecular weight excluding hydrogens is 308 g/mol. The summed E-state index contributed by atoms with van der Waals surface area (Å²) in [5.74, 6) is -0.721. The molecular formula is C19H16O5. The summed E-state index contributed by atoms with van der Waals surface area (Å²) in [7, 11) is 1.42. The quantitative estimate of drug-likeness (QED) is 0.798.